The second-order valence-electron chi connectivity index (χ2n) is 6.86. The van der Waals surface area contributed by atoms with Crippen LogP contribution < -0.4 is 10.2 Å². The molecule has 2 heterocycles. The Morgan fingerprint density at radius 2 is 1.81 bits per heavy atom. The van der Waals surface area contributed by atoms with Crippen LogP contribution in [0.5, 0.6) is 0 Å². The Balaban J connectivity index is 1.60. The number of rotatable bonds is 6. The van der Waals surface area contributed by atoms with Crippen molar-refractivity contribution in [1.82, 2.24) is 0 Å². The quantitative estimate of drug-likeness (QED) is 0.732. The predicted molar refractivity (Wildman–Crippen MR) is 108 cm³/mol. The maximum absolute atomic E-state index is 12.4. The topological polar surface area (TPSA) is 49.4 Å². The van der Waals surface area contributed by atoms with E-state index in [1.807, 2.05) is 38.1 Å². The summed E-state index contributed by atoms with van der Waals surface area (Å²) in [7, 11) is 0. The van der Waals surface area contributed by atoms with E-state index in [-0.39, 0.29) is 24.5 Å². The number of Topliss-reactive ketones (excluding diaryl/α,β-unsaturated/α-hetero) is 1. The van der Waals surface area contributed by atoms with Crippen molar-refractivity contribution in [1.29, 1.82) is 0 Å². The molecule has 1 aromatic heterocycles. The average Bonchev–Trinajstić information content (AvgIpc) is 2.99. The minimum atomic E-state index is -0.104. The lowest BCUT2D eigenvalue weighted by molar-refractivity contribution is -0.116. The van der Waals surface area contributed by atoms with Crippen LogP contribution in [-0.2, 0) is 4.79 Å². The number of anilines is 2. The van der Waals surface area contributed by atoms with Gasteiger partial charge in [-0.05, 0) is 51.3 Å². The van der Waals surface area contributed by atoms with Crippen molar-refractivity contribution in [3.8, 4) is 0 Å². The van der Waals surface area contributed by atoms with Crippen LogP contribution in [0.25, 0.3) is 0 Å². The number of thiophene rings is 1. The fourth-order valence-electron chi connectivity index (χ4n) is 3.47. The molecule has 5 heteroatoms. The summed E-state index contributed by atoms with van der Waals surface area (Å²) in [6.07, 6.45) is 4.11. The Kier molecular flexibility index (Phi) is 6.09. The van der Waals surface area contributed by atoms with E-state index in [1.165, 1.54) is 19.3 Å². The van der Waals surface area contributed by atoms with Gasteiger partial charge in [-0.15, -0.1) is 11.3 Å². The van der Waals surface area contributed by atoms with Crippen molar-refractivity contribution in [2.24, 2.45) is 0 Å². The Morgan fingerprint density at radius 3 is 2.50 bits per heavy atom. The van der Waals surface area contributed by atoms with E-state index in [0.29, 0.717) is 0 Å². The molecule has 1 N–H and O–H groups in total. The highest BCUT2D eigenvalue weighted by Gasteiger charge is 2.17. The molecule has 0 atom stereocenters. The molecule has 138 valence electrons. The van der Waals surface area contributed by atoms with Crippen molar-refractivity contribution in [2.45, 2.75) is 46.0 Å². The third-order valence-corrected chi connectivity index (χ3v) is 5.76. The van der Waals surface area contributed by atoms with Gasteiger partial charge >= 0.3 is 0 Å². The van der Waals surface area contributed by atoms with Crippen molar-refractivity contribution in [2.75, 3.05) is 23.3 Å². The Morgan fingerprint density at radius 1 is 1.08 bits per heavy atom. The lowest BCUT2D eigenvalue weighted by atomic mass is 10.1. The van der Waals surface area contributed by atoms with Gasteiger partial charge < -0.3 is 10.2 Å². The van der Waals surface area contributed by atoms with E-state index >= 15 is 0 Å². The number of hydrogen-bond acceptors (Lipinski definition) is 4. The first-order valence-electron chi connectivity index (χ1n) is 9.28. The number of carbonyl (C=O) groups excluding carboxylic acids is 2. The van der Waals surface area contributed by atoms with Crippen LogP contribution in [0.15, 0.2) is 30.3 Å². The number of benzene rings is 1. The number of nitrogens with zero attached hydrogens (tertiary/aromatic N) is 1. The van der Waals surface area contributed by atoms with Gasteiger partial charge in [-0.1, -0.05) is 12.1 Å². The normalized spacial score (nSPS) is 14.3. The Bertz CT molecular complexity index is 791. The van der Waals surface area contributed by atoms with Crippen molar-refractivity contribution < 1.29 is 9.59 Å². The second-order valence-corrected chi connectivity index (χ2v) is 8.32. The van der Waals surface area contributed by atoms with Gasteiger partial charge in [-0.2, -0.15) is 0 Å². The molecule has 1 fully saturated rings. The predicted octanol–water partition coefficient (Wildman–Crippen LogP) is 4.96. The van der Waals surface area contributed by atoms with Gasteiger partial charge in [0.2, 0.25) is 5.91 Å². The second kappa shape index (κ2) is 8.49. The first kappa shape index (κ1) is 18.6. The average molecular weight is 371 g/mol. The van der Waals surface area contributed by atoms with Gasteiger partial charge in [0, 0.05) is 41.2 Å². The molecule has 2 aromatic rings. The Hall–Kier alpha value is -2.14. The molecule has 0 radical (unpaired) electrons. The van der Waals surface area contributed by atoms with Crippen molar-refractivity contribution >= 4 is 34.4 Å². The molecule has 0 spiro atoms. The molecule has 3 rings (SSSR count). The largest absolute Gasteiger partial charge is 0.370 e. The maximum Gasteiger partial charge on any atom is 0.224 e. The number of ketones is 1. The highest BCUT2D eigenvalue weighted by atomic mass is 32.1. The smallest absolute Gasteiger partial charge is 0.224 e. The number of hydrogen-bond donors (Lipinski definition) is 1. The molecule has 0 aliphatic carbocycles. The van der Waals surface area contributed by atoms with Crippen LogP contribution >= 0.6 is 11.3 Å². The van der Waals surface area contributed by atoms with Crippen LogP contribution in [0.2, 0.25) is 0 Å². The zero-order valence-electron chi connectivity index (χ0n) is 15.5. The number of carbonyl (C=O) groups is 2. The first-order valence-corrected chi connectivity index (χ1v) is 10.1. The van der Waals surface area contributed by atoms with Crippen LogP contribution in [0.1, 0.15) is 52.2 Å². The van der Waals surface area contributed by atoms with Crippen LogP contribution in [-0.4, -0.2) is 24.8 Å². The van der Waals surface area contributed by atoms with E-state index in [1.54, 1.807) is 11.3 Å². The minimum absolute atomic E-state index is 0.0475. The van der Waals surface area contributed by atoms with Gasteiger partial charge in [0.25, 0.3) is 0 Å². The van der Waals surface area contributed by atoms with Gasteiger partial charge in [-0.3, -0.25) is 9.59 Å². The van der Waals surface area contributed by atoms with Gasteiger partial charge in [0.15, 0.2) is 5.78 Å². The molecule has 1 amide bonds. The lowest BCUT2D eigenvalue weighted by Crippen LogP contribution is -2.30. The molecule has 0 unspecified atom stereocenters. The number of para-hydroxylation sites is 2. The minimum Gasteiger partial charge on any atom is -0.370 e. The van der Waals surface area contributed by atoms with E-state index in [4.69, 9.17) is 0 Å². The van der Waals surface area contributed by atoms with Gasteiger partial charge in [0.1, 0.15) is 0 Å². The van der Waals surface area contributed by atoms with Gasteiger partial charge in [0.05, 0.1) is 11.4 Å². The number of amides is 1. The third-order valence-electron chi connectivity index (χ3n) is 4.80. The van der Waals surface area contributed by atoms with E-state index < -0.39 is 0 Å². The maximum atomic E-state index is 12.4. The summed E-state index contributed by atoms with van der Waals surface area (Å²) in [6.45, 7) is 6.02. The third kappa shape index (κ3) is 4.52. The highest BCUT2D eigenvalue weighted by molar-refractivity contribution is 7.12. The van der Waals surface area contributed by atoms with Crippen molar-refractivity contribution in [3.05, 3.63) is 45.6 Å². The van der Waals surface area contributed by atoms with Crippen LogP contribution in [0.3, 0.4) is 0 Å². The van der Waals surface area contributed by atoms with E-state index in [0.717, 1.165) is 39.8 Å². The molecule has 1 aliphatic heterocycles. The lowest BCUT2D eigenvalue weighted by Gasteiger charge is -2.30. The summed E-state index contributed by atoms with van der Waals surface area (Å²) >= 11 is 1.63. The standard InChI is InChI=1S/C21H26N2O2S/c1-15-14-17(16(2)26-15)20(24)10-11-21(25)22-18-8-4-5-9-19(18)23-12-6-3-7-13-23/h4-5,8-9,14H,3,6-7,10-13H2,1-2H3,(H,22,25). The van der Waals surface area contributed by atoms with Crippen molar-refractivity contribution in [3.63, 3.8) is 0 Å². The molecular formula is C21H26N2O2S. The molecule has 0 bridgehead atoms. The zero-order valence-corrected chi connectivity index (χ0v) is 16.3. The molecule has 1 saturated heterocycles. The zero-order chi connectivity index (χ0) is 18.5. The summed E-state index contributed by atoms with van der Waals surface area (Å²) in [5, 5.41) is 3.00. The summed E-state index contributed by atoms with van der Waals surface area (Å²) in [4.78, 5) is 29.3. The summed E-state index contributed by atoms with van der Waals surface area (Å²) < 4.78 is 0. The molecule has 4 nitrogen and oxygen atoms in total. The number of nitrogens with one attached hydrogen (secondary N) is 1. The Labute approximate surface area is 159 Å². The van der Waals surface area contributed by atoms with Crippen LogP contribution in [0.4, 0.5) is 11.4 Å². The van der Waals surface area contributed by atoms with E-state index in [2.05, 4.69) is 16.3 Å². The fraction of sp³-hybridized carbons (Fsp3) is 0.429. The molecule has 0 saturated carbocycles. The SMILES string of the molecule is Cc1cc(C(=O)CCC(=O)Nc2ccccc2N2CCCCC2)c(C)s1. The number of aryl methyl sites for hydroxylation is 2. The van der Waals surface area contributed by atoms with Gasteiger partial charge in [-0.25, -0.2) is 0 Å². The fourth-order valence-corrected chi connectivity index (χ4v) is 4.41. The molecule has 26 heavy (non-hydrogen) atoms. The number of piperidine rings is 1. The molecule has 1 aromatic carbocycles. The molecule has 1 aliphatic rings. The summed E-state index contributed by atoms with van der Waals surface area (Å²) in [5.74, 6) is -0.0567. The summed E-state index contributed by atoms with van der Waals surface area (Å²) in [5.41, 5.74) is 2.68. The monoisotopic (exact) mass is 370 g/mol. The summed E-state index contributed by atoms with van der Waals surface area (Å²) in [6, 6.07) is 9.86. The van der Waals surface area contributed by atoms with E-state index in [9.17, 15) is 9.59 Å². The van der Waals surface area contributed by atoms with Crippen LogP contribution in [0, 0.1) is 13.8 Å². The highest BCUT2D eigenvalue weighted by Crippen LogP contribution is 2.28. The molecular weight excluding hydrogens is 344 g/mol. The first-order chi connectivity index (χ1) is 12.5.